The number of nitrogens with zero attached hydrogens (tertiary/aromatic N) is 2. The molecular weight excluding hydrogens is 328 g/mol. The number of carbonyl (C=O) groups excluding carboxylic acids is 1. The van der Waals surface area contributed by atoms with Crippen molar-refractivity contribution in [2.45, 2.75) is 67.5 Å². The van der Waals surface area contributed by atoms with Crippen molar-refractivity contribution in [3.63, 3.8) is 0 Å². The molecule has 2 aromatic heterocycles. The van der Waals surface area contributed by atoms with Gasteiger partial charge in [-0.1, -0.05) is 13.8 Å². The Hall–Kier alpha value is -2.37. The van der Waals surface area contributed by atoms with E-state index in [-0.39, 0.29) is 18.0 Å². The van der Waals surface area contributed by atoms with Crippen molar-refractivity contribution in [2.75, 3.05) is 0 Å². The predicted octanol–water partition coefficient (Wildman–Crippen LogP) is 2.71. The number of aryl methyl sites for hydroxylation is 3. The van der Waals surface area contributed by atoms with E-state index < -0.39 is 0 Å². The van der Waals surface area contributed by atoms with Gasteiger partial charge in [-0.3, -0.25) is 14.3 Å². The Kier molecular flexibility index (Phi) is 6.40. The van der Waals surface area contributed by atoms with E-state index in [0.29, 0.717) is 24.3 Å². The van der Waals surface area contributed by atoms with Crippen LogP contribution in [0.15, 0.2) is 10.9 Å². The number of amides is 1. The summed E-state index contributed by atoms with van der Waals surface area (Å²) in [4.78, 5) is 27.0. The van der Waals surface area contributed by atoms with E-state index in [9.17, 15) is 9.59 Å². The predicted molar refractivity (Wildman–Crippen MR) is 103 cm³/mol. The minimum absolute atomic E-state index is 0.0558. The van der Waals surface area contributed by atoms with Gasteiger partial charge in [-0.25, -0.2) is 0 Å². The zero-order valence-corrected chi connectivity index (χ0v) is 16.7. The molecule has 0 aliphatic carbocycles. The van der Waals surface area contributed by atoms with Crippen molar-refractivity contribution in [3.8, 4) is 0 Å². The molecule has 142 valence electrons. The fraction of sp³-hybridized carbons (Fsp3) is 0.550. The van der Waals surface area contributed by atoms with Crippen LogP contribution >= 0.6 is 0 Å². The summed E-state index contributed by atoms with van der Waals surface area (Å²) in [5.74, 6) is 0.472. The van der Waals surface area contributed by atoms with E-state index in [4.69, 9.17) is 0 Å². The Morgan fingerprint density at radius 1 is 1.23 bits per heavy atom. The van der Waals surface area contributed by atoms with Crippen molar-refractivity contribution in [1.82, 2.24) is 20.1 Å². The lowest BCUT2D eigenvalue weighted by Gasteiger charge is -2.09. The molecule has 0 aliphatic rings. The average molecular weight is 358 g/mol. The van der Waals surface area contributed by atoms with Crippen LogP contribution in [0.3, 0.4) is 0 Å². The lowest BCUT2D eigenvalue weighted by atomic mass is 10.1. The van der Waals surface area contributed by atoms with Crippen LogP contribution in [-0.4, -0.2) is 20.7 Å². The quantitative estimate of drug-likeness (QED) is 0.799. The molecule has 6 heteroatoms. The van der Waals surface area contributed by atoms with Crippen molar-refractivity contribution in [2.24, 2.45) is 5.92 Å². The number of nitrogens with one attached hydrogen (secondary N) is 2. The Balaban J connectivity index is 1.96. The molecule has 0 aromatic carbocycles. The van der Waals surface area contributed by atoms with Gasteiger partial charge >= 0.3 is 0 Å². The first-order valence-electron chi connectivity index (χ1n) is 9.18. The van der Waals surface area contributed by atoms with Gasteiger partial charge in [-0.15, -0.1) is 0 Å². The van der Waals surface area contributed by atoms with E-state index in [1.54, 1.807) is 0 Å². The summed E-state index contributed by atoms with van der Waals surface area (Å²) in [6, 6.07) is 1.92. The smallest absolute Gasteiger partial charge is 0.253 e. The van der Waals surface area contributed by atoms with E-state index in [1.165, 1.54) is 0 Å². The molecule has 0 spiro atoms. The second kappa shape index (κ2) is 8.34. The highest BCUT2D eigenvalue weighted by Crippen LogP contribution is 2.16. The lowest BCUT2D eigenvalue weighted by molar-refractivity contribution is -0.121. The van der Waals surface area contributed by atoms with Crippen LogP contribution in [0.5, 0.6) is 0 Å². The fourth-order valence-corrected chi connectivity index (χ4v) is 3.23. The topological polar surface area (TPSA) is 79.8 Å². The van der Waals surface area contributed by atoms with Crippen LogP contribution in [0.25, 0.3) is 0 Å². The number of aromatic nitrogens is 3. The first-order chi connectivity index (χ1) is 12.2. The van der Waals surface area contributed by atoms with Crippen LogP contribution in [0.4, 0.5) is 0 Å². The number of pyridine rings is 1. The second-order valence-corrected chi connectivity index (χ2v) is 7.45. The molecule has 6 nitrogen and oxygen atoms in total. The van der Waals surface area contributed by atoms with E-state index in [2.05, 4.69) is 36.2 Å². The summed E-state index contributed by atoms with van der Waals surface area (Å²) in [5, 5.41) is 7.45. The average Bonchev–Trinajstić information content (AvgIpc) is 2.77. The molecule has 0 aliphatic heterocycles. The first-order valence-corrected chi connectivity index (χ1v) is 9.18. The fourth-order valence-electron chi connectivity index (χ4n) is 3.23. The van der Waals surface area contributed by atoms with Crippen LogP contribution in [0, 0.1) is 33.6 Å². The third-order valence-corrected chi connectivity index (χ3v) is 4.63. The molecule has 0 saturated heterocycles. The summed E-state index contributed by atoms with van der Waals surface area (Å²) in [5.41, 5.74) is 5.47. The van der Waals surface area contributed by atoms with E-state index >= 15 is 0 Å². The third-order valence-electron chi connectivity index (χ3n) is 4.63. The van der Waals surface area contributed by atoms with Crippen LogP contribution < -0.4 is 10.9 Å². The molecule has 2 rings (SSSR count). The second-order valence-electron chi connectivity index (χ2n) is 7.45. The maximum absolute atomic E-state index is 12.2. The molecule has 1 amide bonds. The summed E-state index contributed by atoms with van der Waals surface area (Å²) in [6.07, 6.45) is 1.04. The van der Waals surface area contributed by atoms with Crippen molar-refractivity contribution >= 4 is 5.91 Å². The zero-order valence-electron chi connectivity index (χ0n) is 16.7. The molecule has 0 bridgehead atoms. The van der Waals surface area contributed by atoms with Gasteiger partial charge in [0.05, 0.1) is 5.69 Å². The van der Waals surface area contributed by atoms with Crippen molar-refractivity contribution < 1.29 is 4.79 Å². The highest BCUT2D eigenvalue weighted by Gasteiger charge is 2.14. The third kappa shape index (κ3) is 4.84. The highest BCUT2D eigenvalue weighted by atomic mass is 16.1. The van der Waals surface area contributed by atoms with Crippen molar-refractivity contribution in [3.05, 3.63) is 50.2 Å². The summed E-state index contributed by atoms with van der Waals surface area (Å²) < 4.78 is 2.03. The van der Waals surface area contributed by atoms with Crippen LogP contribution in [0.1, 0.15) is 54.0 Å². The summed E-state index contributed by atoms with van der Waals surface area (Å²) in [6.45, 7) is 13.3. The van der Waals surface area contributed by atoms with Gasteiger partial charge < -0.3 is 10.3 Å². The molecule has 0 atom stereocenters. The summed E-state index contributed by atoms with van der Waals surface area (Å²) >= 11 is 0. The highest BCUT2D eigenvalue weighted by molar-refractivity contribution is 5.76. The van der Waals surface area contributed by atoms with Gasteiger partial charge in [-0.05, 0) is 57.2 Å². The monoisotopic (exact) mass is 358 g/mol. The Morgan fingerprint density at radius 2 is 1.92 bits per heavy atom. The van der Waals surface area contributed by atoms with Crippen LogP contribution in [0.2, 0.25) is 0 Å². The number of hydrogen-bond donors (Lipinski definition) is 2. The largest absolute Gasteiger partial charge is 0.352 e. The number of carbonyl (C=O) groups is 1. The van der Waals surface area contributed by atoms with Gasteiger partial charge in [-0.2, -0.15) is 5.10 Å². The Morgan fingerprint density at radius 3 is 2.54 bits per heavy atom. The molecule has 0 radical (unpaired) electrons. The molecule has 0 fully saturated rings. The summed E-state index contributed by atoms with van der Waals surface area (Å²) in [7, 11) is 0. The molecule has 0 saturated carbocycles. The maximum Gasteiger partial charge on any atom is 0.253 e. The SMILES string of the molecule is Cc1cc(C)c(CNC(=O)CCc2c(C)nn(CC(C)C)c2C)c(=O)[nH]1. The maximum atomic E-state index is 12.2. The van der Waals surface area contributed by atoms with Crippen LogP contribution in [-0.2, 0) is 24.3 Å². The number of aromatic amines is 1. The van der Waals surface area contributed by atoms with Gasteiger partial charge in [0.2, 0.25) is 5.91 Å². The standard InChI is InChI=1S/C20H30N4O2/c1-12(2)11-24-16(6)17(15(5)23-24)7-8-19(25)21-10-18-13(3)9-14(4)22-20(18)26/h9,12H,7-8,10-11H2,1-6H3,(H,21,25)(H,22,26). The molecule has 0 unspecified atom stereocenters. The van der Waals surface area contributed by atoms with E-state index in [1.807, 2.05) is 31.5 Å². The van der Waals surface area contributed by atoms with Gasteiger partial charge in [0, 0.05) is 36.5 Å². The molecular formula is C20H30N4O2. The van der Waals surface area contributed by atoms with Gasteiger partial charge in [0.25, 0.3) is 5.56 Å². The van der Waals surface area contributed by atoms with Gasteiger partial charge in [0.1, 0.15) is 0 Å². The number of H-pyrrole nitrogens is 1. The minimum atomic E-state index is -0.135. The first kappa shape index (κ1) is 19.9. The number of hydrogen-bond acceptors (Lipinski definition) is 3. The minimum Gasteiger partial charge on any atom is -0.352 e. The molecule has 26 heavy (non-hydrogen) atoms. The molecule has 2 N–H and O–H groups in total. The Bertz CT molecular complexity index is 846. The molecule has 2 heterocycles. The number of rotatable bonds is 7. The lowest BCUT2D eigenvalue weighted by Crippen LogP contribution is -2.28. The molecule has 2 aromatic rings. The zero-order chi connectivity index (χ0) is 19.4. The van der Waals surface area contributed by atoms with Crippen molar-refractivity contribution in [1.29, 1.82) is 0 Å². The Labute approximate surface area is 155 Å². The normalized spacial score (nSPS) is 11.2. The van der Waals surface area contributed by atoms with Gasteiger partial charge in [0.15, 0.2) is 0 Å². The van der Waals surface area contributed by atoms with E-state index in [0.717, 1.165) is 34.8 Å².